The molecule has 2 aliphatic heterocycles. The van der Waals surface area contributed by atoms with E-state index in [1.165, 1.54) is 12.1 Å². The van der Waals surface area contributed by atoms with Crippen LogP contribution in [0.25, 0.3) is 0 Å². The van der Waals surface area contributed by atoms with Crippen LogP contribution in [0.5, 0.6) is 5.75 Å². The summed E-state index contributed by atoms with van der Waals surface area (Å²) in [6.45, 7) is -0.703. The molecule has 0 amide bonds. The van der Waals surface area contributed by atoms with Crippen molar-refractivity contribution in [3.63, 3.8) is 0 Å². The molecule has 2 aliphatic carbocycles. The highest BCUT2D eigenvalue weighted by Gasteiger charge is 2.75. The van der Waals surface area contributed by atoms with Crippen LogP contribution in [0.4, 0.5) is 22.4 Å². The first-order valence-electron chi connectivity index (χ1n) is 13.6. The fraction of sp³-hybridized carbons (Fsp3) is 0.500. The van der Waals surface area contributed by atoms with Crippen molar-refractivity contribution in [1.82, 2.24) is 0 Å². The second kappa shape index (κ2) is 10.9. The molecular formula is C28H26F4O11S. The first-order chi connectivity index (χ1) is 20.7. The largest absolute Gasteiger partial charge is 0.508 e. The van der Waals surface area contributed by atoms with E-state index in [1.54, 1.807) is 42.5 Å². The maximum atomic E-state index is 15.0. The van der Waals surface area contributed by atoms with Gasteiger partial charge in [-0.25, -0.2) is 9.59 Å². The maximum absolute atomic E-state index is 15.0. The lowest BCUT2D eigenvalue weighted by atomic mass is 9.81. The summed E-state index contributed by atoms with van der Waals surface area (Å²) in [7, 11) is -6.39. The Morgan fingerprint density at radius 3 is 2.27 bits per heavy atom. The molecular weight excluding hydrogens is 620 g/mol. The van der Waals surface area contributed by atoms with E-state index >= 15 is 8.78 Å². The van der Waals surface area contributed by atoms with Gasteiger partial charge in [0, 0.05) is 17.0 Å². The number of halogens is 4. The number of fused-ring (bicyclic) bond motifs is 5. The predicted octanol–water partition coefficient (Wildman–Crippen LogP) is 3.90. The standard InChI is InChI=1S/C28H26F4O11S/c29-27(30,28(31,32)44(35,36)37)21-11-15-10-20(21)24-23(15)42-26(43-24,16-4-2-1-3-5-16)17-6-8-18(9-7-17)38-14-22(33)39-12-19-13-40-25(34)41-19/h1-9,15,19-21,23-24H,10-14H2,(H,35,36,37). The molecule has 1 N–H and O–H groups in total. The average molecular weight is 647 g/mol. The van der Waals surface area contributed by atoms with Gasteiger partial charge in [-0.3, -0.25) is 4.55 Å². The van der Waals surface area contributed by atoms with Crippen molar-refractivity contribution in [2.24, 2.45) is 17.8 Å². The number of esters is 1. The zero-order valence-electron chi connectivity index (χ0n) is 22.6. The van der Waals surface area contributed by atoms with E-state index in [1.807, 2.05) is 0 Å². The molecule has 238 valence electrons. The molecule has 7 unspecified atom stereocenters. The molecule has 0 radical (unpaired) electrons. The lowest BCUT2D eigenvalue weighted by Gasteiger charge is -2.36. The minimum absolute atomic E-state index is 0.0366. The van der Waals surface area contributed by atoms with Crippen molar-refractivity contribution in [3.8, 4) is 5.75 Å². The minimum atomic E-state index is -6.39. The quantitative estimate of drug-likeness (QED) is 0.228. The number of ether oxygens (including phenoxy) is 6. The van der Waals surface area contributed by atoms with Crippen molar-refractivity contribution in [2.45, 2.75) is 48.1 Å². The van der Waals surface area contributed by atoms with Gasteiger partial charge in [-0.15, -0.1) is 0 Å². The van der Waals surface area contributed by atoms with Crippen LogP contribution in [-0.2, 0) is 44.4 Å². The third-order valence-electron chi connectivity index (χ3n) is 8.47. The van der Waals surface area contributed by atoms with Crippen molar-refractivity contribution < 1.29 is 68.5 Å². The van der Waals surface area contributed by atoms with Gasteiger partial charge in [0.2, 0.25) is 5.79 Å². The number of cyclic esters (lactones) is 2. The second-order valence-corrected chi connectivity index (χ2v) is 12.5. The Bertz CT molecular complexity index is 1520. The fourth-order valence-corrected chi connectivity index (χ4v) is 6.97. The van der Waals surface area contributed by atoms with Gasteiger partial charge in [-0.05, 0) is 48.9 Å². The molecule has 2 aromatic carbocycles. The van der Waals surface area contributed by atoms with Crippen LogP contribution >= 0.6 is 0 Å². The molecule has 16 heteroatoms. The molecule has 11 nitrogen and oxygen atoms in total. The number of rotatable bonds is 10. The van der Waals surface area contributed by atoms with E-state index in [2.05, 4.69) is 4.74 Å². The average Bonchev–Trinajstić information content (AvgIpc) is 3.77. The highest BCUT2D eigenvalue weighted by atomic mass is 32.2. The van der Waals surface area contributed by atoms with Crippen molar-refractivity contribution in [2.75, 3.05) is 19.8 Å². The Hall–Kier alpha value is -3.47. The first kappa shape index (κ1) is 30.6. The second-order valence-electron chi connectivity index (χ2n) is 11.1. The van der Waals surface area contributed by atoms with E-state index in [0.717, 1.165) is 0 Å². The third-order valence-corrected chi connectivity index (χ3v) is 9.39. The van der Waals surface area contributed by atoms with Crippen molar-refractivity contribution in [3.05, 3.63) is 65.7 Å². The van der Waals surface area contributed by atoms with Crippen molar-refractivity contribution in [1.29, 1.82) is 0 Å². The zero-order chi connectivity index (χ0) is 31.5. The summed E-state index contributed by atoms with van der Waals surface area (Å²) in [4.78, 5) is 23.0. The molecule has 4 fully saturated rings. The van der Waals surface area contributed by atoms with Gasteiger partial charge in [-0.1, -0.05) is 30.3 Å². The van der Waals surface area contributed by atoms with Gasteiger partial charge < -0.3 is 28.4 Å². The third kappa shape index (κ3) is 5.06. The normalized spacial score (nSPS) is 31.3. The van der Waals surface area contributed by atoms with Crippen LogP contribution in [0.1, 0.15) is 24.0 Å². The Morgan fingerprint density at radius 2 is 1.64 bits per heavy atom. The number of hydrogen-bond acceptors (Lipinski definition) is 10. The monoisotopic (exact) mass is 646 g/mol. The SMILES string of the molecule is O=C(COc1ccc(C2(c3ccccc3)OC3C4CC(C3O2)C(C(F)(F)C(F)(F)S(=O)(=O)O)C4)cc1)OCC1COC(=O)O1. The van der Waals surface area contributed by atoms with Crippen LogP contribution in [0, 0.1) is 17.8 Å². The molecule has 0 aromatic heterocycles. The number of hydrogen-bond donors (Lipinski definition) is 1. The molecule has 2 aromatic rings. The Balaban J connectivity index is 1.19. The van der Waals surface area contributed by atoms with E-state index in [-0.39, 0.29) is 25.4 Å². The Kier molecular flexibility index (Phi) is 7.54. The van der Waals surface area contributed by atoms with Crippen LogP contribution in [0.3, 0.4) is 0 Å². The summed E-state index contributed by atoms with van der Waals surface area (Å²) >= 11 is 0. The highest BCUT2D eigenvalue weighted by Crippen LogP contribution is 2.63. The minimum Gasteiger partial charge on any atom is -0.482 e. The number of carbonyl (C=O) groups excluding carboxylic acids is 2. The van der Waals surface area contributed by atoms with Crippen LogP contribution in [-0.4, -0.2) is 74.4 Å². The zero-order valence-corrected chi connectivity index (χ0v) is 23.5. The summed E-state index contributed by atoms with van der Waals surface area (Å²) in [6, 6.07) is 14.7. The van der Waals surface area contributed by atoms with Crippen molar-refractivity contribution >= 4 is 22.2 Å². The molecule has 44 heavy (non-hydrogen) atoms. The van der Waals surface area contributed by atoms with E-state index < -0.39 is 88.3 Å². The number of carbonyl (C=O) groups is 2. The van der Waals surface area contributed by atoms with E-state index in [0.29, 0.717) is 11.1 Å². The highest BCUT2D eigenvalue weighted by molar-refractivity contribution is 7.87. The predicted molar refractivity (Wildman–Crippen MR) is 137 cm³/mol. The Morgan fingerprint density at radius 1 is 0.977 bits per heavy atom. The molecule has 7 atom stereocenters. The van der Waals surface area contributed by atoms with Gasteiger partial charge in [0.1, 0.15) is 19.0 Å². The van der Waals surface area contributed by atoms with Gasteiger partial charge in [0.25, 0.3) is 0 Å². The van der Waals surface area contributed by atoms with Crippen LogP contribution in [0.2, 0.25) is 0 Å². The summed E-state index contributed by atoms with van der Waals surface area (Å²) in [5.41, 5.74) is 0.913. The van der Waals surface area contributed by atoms with Gasteiger partial charge in [0.05, 0.1) is 12.2 Å². The molecule has 6 rings (SSSR count). The summed E-state index contributed by atoms with van der Waals surface area (Å²) in [5.74, 6) is -11.0. The summed E-state index contributed by atoms with van der Waals surface area (Å²) < 4.78 is 122. The van der Waals surface area contributed by atoms with Gasteiger partial charge in [-0.2, -0.15) is 26.0 Å². The number of benzene rings is 2. The van der Waals surface area contributed by atoms with Crippen LogP contribution < -0.4 is 4.74 Å². The molecule has 2 bridgehead atoms. The van der Waals surface area contributed by atoms with Gasteiger partial charge in [0.15, 0.2) is 12.7 Å². The lowest BCUT2D eigenvalue weighted by molar-refractivity contribution is -0.212. The molecule has 4 aliphatic rings. The fourth-order valence-electron chi connectivity index (χ4n) is 6.47. The first-order valence-corrected chi connectivity index (χ1v) is 15.0. The Labute approximate surface area is 248 Å². The van der Waals surface area contributed by atoms with Crippen LogP contribution in [0.15, 0.2) is 54.6 Å². The number of alkyl halides is 4. The topological polar surface area (TPSA) is 144 Å². The molecule has 2 saturated carbocycles. The smallest absolute Gasteiger partial charge is 0.482 e. The summed E-state index contributed by atoms with van der Waals surface area (Å²) in [5, 5.41) is -5.68. The van der Waals surface area contributed by atoms with E-state index in [4.69, 9.17) is 28.2 Å². The lowest BCUT2D eigenvalue weighted by Crippen LogP contribution is -2.55. The maximum Gasteiger partial charge on any atom is 0.508 e. The molecule has 2 saturated heterocycles. The molecule has 0 spiro atoms. The van der Waals surface area contributed by atoms with Gasteiger partial charge >= 0.3 is 33.4 Å². The summed E-state index contributed by atoms with van der Waals surface area (Å²) in [6.07, 6.45) is -3.77. The molecule has 2 heterocycles. The van der Waals surface area contributed by atoms with E-state index in [9.17, 15) is 26.8 Å².